The second kappa shape index (κ2) is 6.50. The molecule has 106 valence electrons. The van der Waals surface area contributed by atoms with E-state index in [1.165, 1.54) is 30.5 Å². The van der Waals surface area contributed by atoms with Gasteiger partial charge in [-0.3, -0.25) is 9.59 Å². The Balaban J connectivity index is 2.16. The van der Waals surface area contributed by atoms with Gasteiger partial charge in [-0.05, 0) is 24.3 Å². The molecule has 2 rings (SSSR count). The number of anilines is 1. The molecule has 0 fully saturated rings. The summed E-state index contributed by atoms with van der Waals surface area (Å²) in [6.07, 6.45) is 1.27. The molecule has 0 radical (unpaired) electrons. The molecule has 21 heavy (non-hydrogen) atoms. The van der Waals surface area contributed by atoms with Crippen LogP contribution in [0.25, 0.3) is 0 Å². The van der Waals surface area contributed by atoms with Crippen molar-refractivity contribution in [1.29, 1.82) is 0 Å². The van der Waals surface area contributed by atoms with Crippen molar-refractivity contribution in [3.05, 3.63) is 63.8 Å². The van der Waals surface area contributed by atoms with Crippen molar-refractivity contribution in [2.45, 2.75) is 0 Å². The number of carbonyl (C=O) groups is 1. The predicted octanol–water partition coefficient (Wildman–Crippen LogP) is 1.11. The Bertz CT molecular complexity index is 767. The van der Waals surface area contributed by atoms with Crippen molar-refractivity contribution in [2.24, 2.45) is 0 Å². The first-order chi connectivity index (χ1) is 10.1. The largest absolute Gasteiger partial charge is 0.384 e. The molecule has 1 heterocycles. The number of hydrogen-bond acceptors (Lipinski definition) is 3. The van der Waals surface area contributed by atoms with Gasteiger partial charge in [0.1, 0.15) is 12.4 Å². The highest BCUT2D eigenvalue weighted by Crippen LogP contribution is 2.14. The van der Waals surface area contributed by atoms with E-state index in [9.17, 15) is 14.0 Å². The summed E-state index contributed by atoms with van der Waals surface area (Å²) in [5, 5.41) is 11.1. The number of hydrogen-bond donors (Lipinski definition) is 3. The van der Waals surface area contributed by atoms with Crippen molar-refractivity contribution >= 4 is 11.6 Å². The van der Waals surface area contributed by atoms with Crippen molar-refractivity contribution in [3.8, 4) is 11.8 Å². The van der Waals surface area contributed by atoms with Gasteiger partial charge in [-0.25, -0.2) is 4.39 Å². The normalized spacial score (nSPS) is 9.62. The number of H-pyrrole nitrogens is 1. The molecular weight excluding hydrogens is 275 g/mol. The monoisotopic (exact) mass is 286 g/mol. The first kappa shape index (κ1) is 14.5. The lowest BCUT2D eigenvalue weighted by atomic mass is 10.2. The van der Waals surface area contributed by atoms with Gasteiger partial charge in [-0.15, -0.1) is 0 Å². The van der Waals surface area contributed by atoms with Crippen LogP contribution < -0.4 is 10.9 Å². The maximum Gasteiger partial charge on any atom is 0.257 e. The van der Waals surface area contributed by atoms with E-state index in [1.54, 1.807) is 0 Å². The Morgan fingerprint density at radius 2 is 2.14 bits per heavy atom. The van der Waals surface area contributed by atoms with Crippen molar-refractivity contribution in [2.75, 3.05) is 11.9 Å². The maximum absolute atomic E-state index is 13.7. The fourth-order valence-electron chi connectivity index (χ4n) is 1.58. The maximum atomic E-state index is 13.7. The minimum atomic E-state index is -0.602. The van der Waals surface area contributed by atoms with Crippen molar-refractivity contribution in [1.82, 2.24) is 4.98 Å². The molecule has 0 saturated carbocycles. The molecule has 3 N–H and O–H groups in total. The molecule has 1 amide bonds. The Kier molecular flexibility index (Phi) is 4.49. The van der Waals surface area contributed by atoms with E-state index in [-0.39, 0.29) is 29.0 Å². The van der Waals surface area contributed by atoms with Crippen LogP contribution in [0.5, 0.6) is 0 Å². The molecule has 0 saturated heterocycles. The van der Waals surface area contributed by atoms with E-state index in [2.05, 4.69) is 22.1 Å². The fourth-order valence-corrected chi connectivity index (χ4v) is 1.58. The third-order valence-corrected chi connectivity index (χ3v) is 2.58. The second-order valence-electron chi connectivity index (χ2n) is 4.05. The number of aromatic amines is 1. The Labute approximate surface area is 119 Å². The van der Waals surface area contributed by atoms with Crippen LogP contribution in [0, 0.1) is 17.7 Å². The molecule has 0 aliphatic rings. The van der Waals surface area contributed by atoms with E-state index in [0.29, 0.717) is 0 Å². The Morgan fingerprint density at radius 1 is 1.33 bits per heavy atom. The number of pyridine rings is 1. The average Bonchev–Trinajstić information content (AvgIpc) is 2.47. The number of carbonyl (C=O) groups excluding carboxylic acids is 1. The van der Waals surface area contributed by atoms with Gasteiger partial charge < -0.3 is 15.4 Å². The quantitative estimate of drug-likeness (QED) is 0.723. The summed E-state index contributed by atoms with van der Waals surface area (Å²) in [5.74, 6) is 3.72. The van der Waals surface area contributed by atoms with Crippen LogP contribution in [0.15, 0.2) is 41.3 Å². The molecule has 0 bridgehead atoms. The van der Waals surface area contributed by atoms with Crippen LogP contribution in [0.2, 0.25) is 0 Å². The lowest BCUT2D eigenvalue weighted by Gasteiger charge is -2.05. The lowest BCUT2D eigenvalue weighted by molar-refractivity contribution is 0.102. The number of rotatable bonds is 2. The van der Waals surface area contributed by atoms with E-state index < -0.39 is 11.7 Å². The van der Waals surface area contributed by atoms with Crippen molar-refractivity contribution < 1.29 is 14.3 Å². The fraction of sp³-hybridized carbons (Fsp3) is 0.0667. The zero-order chi connectivity index (χ0) is 15.2. The third kappa shape index (κ3) is 3.78. The SMILES string of the molecule is O=C(Nc1ccc(C#CCO)c(F)c1)c1ccc(=O)[nH]c1. The molecule has 0 spiro atoms. The van der Waals surface area contributed by atoms with Gasteiger partial charge in [0.15, 0.2) is 0 Å². The standard InChI is InChI=1S/C15H11FN2O3/c16-13-8-12(5-3-10(13)2-1-7-19)18-15(21)11-4-6-14(20)17-9-11/h3-6,8-9,19H,7H2,(H,17,20)(H,18,21). The smallest absolute Gasteiger partial charge is 0.257 e. The molecule has 6 heteroatoms. The molecule has 5 nitrogen and oxygen atoms in total. The van der Waals surface area contributed by atoms with Crippen LogP contribution in [-0.4, -0.2) is 22.6 Å². The lowest BCUT2D eigenvalue weighted by Crippen LogP contribution is -2.14. The molecule has 0 aliphatic carbocycles. The molecule has 0 unspecified atom stereocenters. The number of amides is 1. The van der Waals surface area contributed by atoms with Crippen LogP contribution in [-0.2, 0) is 0 Å². The molecule has 1 aromatic heterocycles. The molecule has 0 aliphatic heterocycles. The number of halogens is 1. The number of aliphatic hydroxyl groups excluding tert-OH is 1. The summed E-state index contributed by atoms with van der Waals surface area (Å²) >= 11 is 0. The first-order valence-corrected chi connectivity index (χ1v) is 5.99. The first-order valence-electron chi connectivity index (χ1n) is 5.99. The topological polar surface area (TPSA) is 82.2 Å². The van der Waals surface area contributed by atoms with Gasteiger partial charge in [0.25, 0.3) is 5.91 Å². The highest BCUT2D eigenvalue weighted by atomic mass is 19.1. The highest BCUT2D eigenvalue weighted by Gasteiger charge is 2.08. The highest BCUT2D eigenvalue weighted by molar-refractivity contribution is 6.04. The van der Waals surface area contributed by atoms with Crippen LogP contribution in [0.4, 0.5) is 10.1 Å². The third-order valence-electron chi connectivity index (χ3n) is 2.58. The number of aromatic nitrogens is 1. The number of nitrogens with one attached hydrogen (secondary N) is 2. The van der Waals surface area contributed by atoms with E-state index in [1.807, 2.05) is 0 Å². The van der Waals surface area contributed by atoms with E-state index in [4.69, 9.17) is 5.11 Å². The van der Waals surface area contributed by atoms with Gasteiger partial charge in [0, 0.05) is 18.0 Å². The average molecular weight is 286 g/mol. The number of aliphatic hydroxyl groups is 1. The van der Waals surface area contributed by atoms with Crippen LogP contribution in [0.1, 0.15) is 15.9 Å². The summed E-state index contributed by atoms with van der Waals surface area (Å²) in [4.78, 5) is 25.2. The number of benzene rings is 1. The van der Waals surface area contributed by atoms with Gasteiger partial charge >= 0.3 is 0 Å². The molecule has 0 atom stereocenters. The summed E-state index contributed by atoms with van der Waals surface area (Å²) < 4.78 is 13.7. The van der Waals surface area contributed by atoms with Gasteiger partial charge in [0.2, 0.25) is 5.56 Å². The van der Waals surface area contributed by atoms with E-state index >= 15 is 0 Å². The predicted molar refractivity (Wildman–Crippen MR) is 75.4 cm³/mol. The van der Waals surface area contributed by atoms with Gasteiger partial charge in [-0.2, -0.15) is 0 Å². The van der Waals surface area contributed by atoms with Crippen LogP contribution in [0.3, 0.4) is 0 Å². The summed E-state index contributed by atoms with van der Waals surface area (Å²) in [6.45, 7) is -0.357. The zero-order valence-corrected chi connectivity index (χ0v) is 10.8. The van der Waals surface area contributed by atoms with Crippen LogP contribution >= 0.6 is 0 Å². The van der Waals surface area contributed by atoms with Gasteiger partial charge in [0.05, 0.1) is 11.1 Å². The van der Waals surface area contributed by atoms with Crippen molar-refractivity contribution in [3.63, 3.8) is 0 Å². The second-order valence-corrected chi connectivity index (χ2v) is 4.05. The molecular formula is C15H11FN2O3. The summed E-state index contributed by atoms with van der Waals surface area (Å²) in [7, 11) is 0. The Hall–Kier alpha value is -2.91. The minimum absolute atomic E-state index is 0.131. The summed E-state index contributed by atoms with van der Waals surface area (Å²) in [6, 6.07) is 6.62. The molecule has 2 aromatic rings. The zero-order valence-electron chi connectivity index (χ0n) is 10.8. The minimum Gasteiger partial charge on any atom is -0.384 e. The van der Waals surface area contributed by atoms with E-state index in [0.717, 1.165) is 6.07 Å². The summed E-state index contributed by atoms with van der Waals surface area (Å²) in [5.41, 5.74) is 0.327. The Morgan fingerprint density at radius 3 is 2.76 bits per heavy atom. The molecule has 1 aromatic carbocycles. The van der Waals surface area contributed by atoms with Gasteiger partial charge in [-0.1, -0.05) is 11.8 Å².